The molecule has 0 bridgehead atoms. The summed E-state index contributed by atoms with van der Waals surface area (Å²) in [6, 6.07) is 13.8. The number of nitrogens with one attached hydrogen (secondary N) is 2. The van der Waals surface area contributed by atoms with Crippen LogP contribution in [0.3, 0.4) is 0 Å². The van der Waals surface area contributed by atoms with Gasteiger partial charge in [0.25, 0.3) is 0 Å². The van der Waals surface area contributed by atoms with Gasteiger partial charge in [0.2, 0.25) is 0 Å². The number of carbonyl (C=O) groups excluding carboxylic acids is 1. The molecule has 4 rings (SSSR count). The van der Waals surface area contributed by atoms with E-state index in [0.29, 0.717) is 18.1 Å². The molecule has 1 unspecified atom stereocenters. The molecule has 0 aliphatic carbocycles. The Morgan fingerprint density at radius 2 is 2.20 bits per heavy atom. The molecule has 0 saturated carbocycles. The van der Waals surface area contributed by atoms with Crippen LogP contribution in [0.1, 0.15) is 35.7 Å². The number of halogens is 1. The first-order valence-electron chi connectivity index (χ1n) is 10.2. The number of H-pyrrole nitrogens is 1. The van der Waals surface area contributed by atoms with Crippen LogP contribution >= 0.6 is 11.6 Å². The molecule has 0 radical (unpaired) electrons. The first-order valence-corrected chi connectivity index (χ1v) is 10.6. The Labute approximate surface area is 181 Å². The second-order valence-corrected chi connectivity index (χ2v) is 8.00. The van der Waals surface area contributed by atoms with Crippen LogP contribution in [0.5, 0.6) is 0 Å². The van der Waals surface area contributed by atoms with Gasteiger partial charge in [-0.05, 0) is 48.7 Å². The van der Waals surface area contributed by atoms with Crippen molar-refractivity contribution in [3.8, 4) is 0 Å². The van der Waals surface area contributed by atoms with Gasteiger partial charge in [0.05, 0.1) is 6.04 Å². The van der Waals surface area contributed by atoms with Gasteiger partial charge in [0.15, 0.2) is 0 Å². The summed E-state index contributed by atoms with van der Waals surface area (Å²) in [5.41, 5.74) is 4.10. The van der Waals surface area contributed by atoms with E-state index in [2.05, 4.69) is 20.2 Å². The molecule has 1 saturated heterocycles. The Morgan fingerprint density at radius 3 is 2.97 bits per heavy atom. The minimum absolute atomic E-state index is 0.0621. The van der Waals surface area contributed by atoms with Gasteiger partial charge in [0, 0.05) is 67.2 Å². The standard InChI is InChI=1S/C23H26ClN5O/c1-28(16-17-6-3-11-25-14-17)21-9-2-7-19(24)18(21)15-27-23(30)29-13-5-10-22(29)20-8-4-12-26-20/h2-4,6-9,11-12,14,22,26H,5,10,13,15-16H2,1H3,(H,27,30). The summed E-state index contributed by atoms with van der Waals surface area (Å²) in [6.45, 7) is 1.83. The Balaban J connectivity index is 1.46. The number of anilines is 1. The second-order valence-electron chi connectivity index (χ2n) is 7.59. The fourth-order valence-corrected chi connectivity index (χ4v) is 4.32. The Kier molecular flexibility index (Phi) is 6.23. The molecule has 2 amide bonds. The molecule has 156 valence electrons. The maximum absolute atomic E-state index is 12.9. The first-order chi connectivity index (χ1) is 14.6. The van der Waals surface area contributed by atoms with Crippen molar-refractivity contribution in [2.45, 2.75) is 32.0 Å². The number of pyridine rings is 1. The highest BCUT2D eigenvalue weighted by Crippen LogP contribution is 2.31. The summed E-state index contributed by atoms with van der Waals surface area (Å²) in [5, 5.41) is 3.73. The molecule has 1 aliphatic heterocycles. The molecule has 1 aromatic carbocycles. The third kappa shape index (κ3) is 4.44. The second kappa shape index (κ2) is 9.22. The van der Waals surface area contributed by atoms with Crippen LogP contribution in [0.15, 0.2) is 61.1 Å². The average Bonchev–Trinajstić information content (AvgIpc) is 3.44. The minimum atomic E-state index is -0.0621. The maximum atomic E-state index is 12.9. The summed E-state index contributed by atoms with van der Waals surface area (Å²) in [5.74, 6) is 0. The number of likely N-dealkylation sites (tertiary alicyclic amines) is 1. The summed E-state index contributed by atoms with van der Waals surface area (Å²) in [6.07, 6.45) is 7.50. The third-order valence-electron chi connectivity index (χ3n) is 5.56. The highest BCUT2D eigenvalue weighted by molar-refractivity contribution is 6.31. The highest BCUT2D eigenvalue weighted by atomic mass is 35.5. The summed E-state index contributed by atoms with van der Waals surface area (Å²) < 4.78 is 0. The van der Waals surface area contributed by atoms with Crippen LogP contribution in [-0.4, -0.2) is 34.5 Å². The lowest BCUT2D eigenvalue weighted by Crippen LogP contribution is -2.39. The number of hydrogen-bond acceptors (Lipinski definition) is 3. The van der Waals surface area contributed by atoms with Gasteiger partial charge < -0.3 is 20.1 Å². The van der Waals surface area contributed by atoms with Crippen LogP contribution in [0.25, 0.3) is 0 Å². The van der Waals surface area contributed by atoms with Crippen molar-refractivity contribution in [3.05, 3.63) is 82.9 Å². The van der Waals surface area contributed by atoms with Gasteiger partial charge in [-0.1, -0.05) is 23.7 Å². The molecule has 0 spiro atoms. The summed E-state index contributed by atoms with van der Waals surface area (Å²) in [7, 11) is 2.02. The lowest BCUT2D eigenvalue weighted by Gasteiger charge is -2.26. The molecular weight excluding hydrogens is 398 g/mol. The van der Waals surface area contributed by atoms with Gasteiger partial charge in [-0.3, -0.25) is 4.98 Å². The number of aromatic nitrogens is 2. The van der Waals surface area contributed by atoms with Crippen molar-refractivity contribution in [3.63, 3.8) is 0 Å². The minimum Gasteiger partial charge on any atom is -0.370 e. The van der Waals surface area contributed by atoms with Crippen LogP contribution < -0.4 is 10.2 Å². The topological polar surface area (TPSA) is 64.3 Å². The molecule has 3 heterocycles. The van der Waals surface area contributed by atoms with Crippen molar-refractivity contribution in [1.82, 2.24) is 20.2 Å². The molecule has 2 aromatic heterocycles. The normalized spacial score (nSPS) is 15.9. The van der Waals surface area contributed by atoms with Gasteiger partial charge in [0.1, 0.15) is 0 Å². The fraction of sp³-hybridized carbons (Fsp3) is 0.304. The molecular formula is C23H26ClN5O. The first kappa shape index (κ1) is 20.3. The number of rotatable bonds is 6. The van der Waals surface area contributed by atoms with Crippen molar-refractivity contribution >= 4 is 23.3 Å². The smallest absolute Gasteiger partial charge is 0.318 e. The van der Waals surface area contributed by atoms with Crippen molar-refractivity contribution in [2.24, 2.45) is 0 Å². The molecule has 3 aromatic rings. The molecule has 7 heteroatoms. The van der Waals surface area contributed by atoms with Gasteiger partial charge in [-0.25, -0.2) is 4.79 Å². The molecule has 1 aliphatic rings. The highest BCUT2D eigenvalue weighted by Gasteiger charge is 2.30. The number of benzene rings is 1. The SMILES string of the molecule is CN(Cc1cccnc1)c1cccc(Cl)c1CNC(=O)N1CCCC1c1ccc[nH]1. The lowest BCUT2D eigenvalue weighted by molar-refractivity contribution is 0.191. The Morgan fingerprint density at radius 1 is 1.30 bits per heavy atom. The Hall–Kier alpha value is -2.99. The number of nitrogens with zero attached hydrogens (tertiary/aromatic N) is 3. The third-order valence-corrected chi connectivity index (χ3v) is 5.91. The zero-order valence-electron chi connectivity index (χ0n) is 17.0. The van der Waals surface area contributed by atoms with E-state index in [9.17, 15) is 4.79 Å². The van der Waals surface area contributed by atoms with E-state index in [1.165, 1.54) is 0 Å². The molecule has 1 atom stereocenters. The molecule has 30 heavy (non-hydrogen) atoms. The predicted octanol–water partition coefficient (Wildman–Crippen LogP) is 4.75. The van der Waals surface area contributed by atoms with E-state index < -0.39 is 0 Å². The molecule has 2 N–H and O–H groups in total. The quantitative estimate of drug-likeness (QED) is 0.601. The van der Waals surface area contributed by atoms with E-state index in [0.717, 1.165) is 41.9 Å². The average molecular weight is 424 g/mol. The van der Waals surface area contributed by atoms with Crippen LogP contribution in [-0.2, 0) is 13.1 Å². The summed E-state index contributed by atoms with van der Waals surface area (Å²) in [4.78, 5) is 24.4. The zero-order chi connectivity index (χ0) is 20.9. The van der Waals surface area contributed by atoms with Crippen molar-refractivity contribution < 1.29 is 4.79 Å². The maximum Gasteiger partial charge on any atom is 0.318 e. The van der Waals surface area contributed by atoms with Crippen LogP contribution in [0.4, 0.5) is 10.5 Å². The van der Waals surface area contributed by atoms with Gasteiger partial charge >= 0.3 is 6.03 Å². The number of aromatic amines is 1. The van der Waals surface area contributed by atoms with E-state index in [1.54, 1.807) is 6.20 Å². The van der Waals surface area contributed by atoms with E-state index in [4.69, 9.17) is 11.6 Å². The van der Waals surface area contributed by atoms with Gasteiger partial charge in [-0.15, -0.1) is 0 Å². The zero-order valence-corrected chi connectivity index (χ0v) is 17.8. The van der Waals surface area contributed by atoms with E-state index in [-0.39, 0.29) is 12.1 Å². The largest absolute Gasteiger partial charge is 0.370 e. The predicted molar refractivity (Wildman–Crippen MR) is 120 cm³/mol. The molecule has 1 fully saturated rings. The van der Waals surface area contributed by atoms with Gasteiger partial charge in [-0.2, -0.15) is 0 Å². The Bertz CT molecular complexity index is 977. The van der Waals surface area contributed by atoms with Crippen LogP contribution in [0, 0.1) is 0 Å². The van der Waals surface area contributed by atoms with E-state index >= 15 is 0 Å². The number of urea groups is 1. The van der Waals surface area contributed by atoms with E-state index in [1.807, 2.05) is 66.8 Å². The number of amides is 2. The van der Waals surface area contributed by atoms with Crippen LogP contribution in [0.2, 0.25) is 5.02 Å². The summed E-state index contributed by atoms with van der Waals surface area (Å²) >= 11 is 6.52. The monoisotopic (exact) mass is 423 g/mol. The van der Waals surface area contributed by atoms with Crippen molar-refractivity contribution in [1.29, 1.82) is 0 Å². The number of carbonyl (C=O) groups is 1. The number of hydrogen-bond donors (Lipinski definition) is 2. The van der Waals surface area contributed by atoms with Crippen molar-refractivity contribution in [2.75, 3.05) is 18.5 Å². The molecule has 6 nitrogen and oxygen atoms in total. The fourth-order valence-electron chi connectivity index (χ4n) is 4.08. The lowest BCUT2D eigenvalue weighted by atomic mass is 10.1.